The third-order valence-electron chi connectivity index (χ3n) is 3.72. The molecular formula is C19H28N4S. The van der Waals surface area contributed by atoms with Gasteiger partial charge in [-0.05, 0) is 12.5 Å². The van der Waals surface area contributed by atoms with Crippen LogP contribution in [0.4, 0.5) is 0 Å². The van der Waals surface area contributed by atoms with Gasteiger partial charge in [0.05, 0.1) is 10.7 Å². The minimum atomic E-state index is 0.119. The van der Waals surface area contributed by atoms with Gasteiger partial charge in [-0.1, -0.05) is 50.6 Å². The minimum Gasteiger partial charge on any atom is -0.356 e. The average molecular weight is 345 g/mol. The molecule has 0 fully saturated rings. The molecule has 0 amide bonds. The van der Waals surface area contributed by atoms with Crippen molar-refractivity contribution in [1.29, 1.82) is 0 Å². The molecule has 24 heavy (non-hydrogen) atoms. The second kappa shape index (κ2) is 8.29. The number of aromatic nitrogens is 1. The predicted octanol–water partition coefficient (Wildman–Crippen LogP) is 3.66. The van der Waals surface area contributed by atoms with E-state index in [0.717, 1.165) is 25.5 Å². The number of hydrogen-bond acceptors (Lipinski definition) is 3. The number of nitrogens with one attached hydrogen (secondary N) is 2. The number of aryl methyl sites for hydroxylation is 1. The Hall–Kier alpha value is -1.88. The van der Waals surface area contributed by atoms with Crippen LogP contribution in [0.3, 0.4) is 0 Å². The molecule has 0 radical (unpaired) electrons. The van der Waals surface area contributed by atoms with Crippen LogP contribution >= 0.6 is 11.3 Å². The molecular weight excluding hydrogens is 316 g/mol. The fourth-order valence-corrected chi connectivity index (χ4v) is 3.31. The van der Waals surface area contributed by atoms with Crippen LogP contribution in [-0.2, 0) is 18.4 Å². The van der Waals surface area contributed by atoms with Gasteiger partial charge < -0.3 is 10.6 Å². The Morgan fingerprint density at radius 3 is 2.67 bits per heavy atom. The van der Waals surface area contributed by atoms with E-state index >= 15 is 0 Å². The largest absolute Gasteiger partial charge is 0.356 e. The Kier molecular flexibility index (Phi) is 6.37. The molecule has 2 N–H and O–H groups in total. The van der Waals surface area contributed by atoms with E-state index in [1.54, 1.807) is 18.4 Å². The Morgan fingerprint density at radius 1 is 1.25 bits per heavy atom. The van der Waals surface area contributed by atoms with Gasteiger partial charge in [0.2, 0.25) is 0 Å². The van der Waals surface area contributed by atoms with Crippen LogP contribution in [0.1, 0.15) is 42.6 Å². The number of guanidine groups is 1. The standard InChI is InChI=1S/C19H28N4S/c1-14-7-6-8-15(11-14)12-22-18(20-5)21-10-9-17-23-16(13-24-17)19(2,3)4/h6-8,11,13H,9-10,12H2,1-5H3,(H2,20,21,22). The second-order valence-corrected chi connectivity index (χ2v) is 7.91. The van der Waals surface area contributed by atoms with Crippen LogP contribution in [0.2, 0.25) is 0 Å². The summed E-state index contributed by atoms with van der Waals surface area (Å²) in [5, 5.41) is 10.0. The van der Waals surface area contributed by atoms with E-state index in [-0.39, 0.29) is 5.41 Å². The van der Waals surface area contributed by atoms with Crippen molar-refractivity contribution in [2.75, 3.05) is 13.6 Å². The highest BCUT2D eigenvalue weighted by Crippen LogP contribution is 2.23. The number of aliphatic imine (C=N–C) groups is 1. The summed E-state index contributed by atoms with van der Waals surface area (Å²) in [6, 6.07) is 8.50. The average Bonchev–Trinajstić information content (AvgIpc) is 3.00. The van der Waals surface area contributed by atoms with Crippen molar-refractivity contribution in [2.24, 2.45) is 4.99 Å². The zero-order valence-electron chi connectivity index (χ0n) is 15.3. The molecule has 0 spiro atoms. The number of nitrogens with zero attached hydrogens (tertiary/aromatic N) is 2. The van der Waals surface area contributed by atoms with Crippen molar-refractivity contribution in [3.05, 3.63) is 51.5 Å². The Morgan fingerprint density at radius 2 is 2.04 bits per heavy atom. The van der Waals surface area contributed by atoms with Gasteiger partial charge in [0.25, 0.3) is 0 Å². The molecule has 1 aromatic heterocycles. The molecule has 0 aliphatic rings. The van der Waals surface area contributed by atoms with Gasteiger partial charge >= 0.3 is 0 Å². The smallest absolute Gasteiger partial charge is 0.191 e. The maximum atomic E-state index is 4.73. The quantitative estimate of drug-likeness (QED) is 0.643. The Balaban J connectivity index is 1.78. The number of thiazole rings is 1. The molecule has 5 heteroatoms. The summed E-state index contributed by atoms with van der Waals surface area (Å²) < 4.78 is 0. The van der Waals surface area contributed by atoms with E-state index in [1.165, 1.54) is 21.8 Å². The number of hydrogen-bond donors (Lipinski definition) is 2. The summed E-state index contributed by atoms with van der Waals surface area (Å²) in [4.78, 5) is 9.00. The Bertz CT molecular complexity index is 683. The molecule has 0 aliphatic carbocycles. The van der Waals surface area contributed by atoms with Crippen molar-refractivity contribution in [3.63, 3.8) is 0 Å². The summed E-state index contributed by atoms with van der Waals surface area (Å²) in [7, 11) is 1.80. The van der Waals surface area contributed by atoms with Crippen molar-refractivity contribution in [3.8, 4) is 0 Å². The molecule has 1 aromatic carbocycles. The third kappa shape index (κ3) is 5.64. The summed E-state index contributed by atoms with van der Waals surface area (Å²) >= 11 is 1.74. The lowest BCUT2D eigenvalue weighted by Crippen LogP contribution is -2.37. The molecule has 2 rings (SSSR count). The van der Waals surface area contributed by atoms with Crippen LogP contribution in [-0.4, -0.2) is 24.5 Å². The summed E-state index contributed by atoms with van der Waals surface area (Å²) in [6.07, 6.45) is 0.909. The van der Waals surface area contributed by atoms with E-state index < -0.39 is 0 Å². The van der Waals surface area contributed by atoms with Crippen molar-refractivity contribution in [1.82, 2.24) is 15.6 Å². The first-order valence-electron chi connectivity index (χ1n) is 8.33. The van der Waals surface area contributed by atoms with Crippen molar-refractivity contribution in [2.45, 2.75) is 46.1 Å². The summed E-state index contributed by atoms with van der Waals surface area (Å²) in [5.41, 5.74) is 3.82. The van der Waals surface area contributed by atoms with Crippen molar-refractivity contribution < 1.29 is 0 Å². The Labute approximate surface area is 149 Å². The van der Waals surface area contributed by atoms with Crippen LogP contribution in [0.5, 0.6) is 0 Å². The first kappa shape index (κ1) is 18.5. The van der Waals surface area contributed by atoms with Gasteiger partial charge in [-0.15, -0.1) is 11.3 Å². The molecule has 0 saturated heterocycles. The van der Waals surface area contributed by atoms with Gasteiger partial charge in [-0.25, -0.2) is 4.98 Å². The topological polar surface area (TPSA) is 49.3 Å². The van der Waals surface area contributed by atoms with E-state index in [2.05, 4.69) is 73.0 Å². The van der Waals surface area contributed by atoms with Gasteiger partial charge in [-0.3, -0.25) is 4.99 Å². The van der Waals surface area contributed by atoms with E-state index in [1.807, 2.05) is 0 Å². The first-order valence-corrected chi connectivity index (χ1v) is 9.21. The second-order valence-electron chi connectivity index (χ2n) is 6.97. The van der Waals surface area contributed by atoms with Crippen LogP contribution in [0.15, 0.2) is 34.6 Å². The van der Waals surface area contributed by atoms with Gasteiger partial charge in [0, 0.05) is 37.4 Å². The molecule has 130 valence electrons. The lowest BCUT2D eigenvalue weighted by Gasteiger charge is -2.14. The maximum Gasteiger partial charge on any atom is 0.191 e. The number of benzene rings is 1. The van der Waals surface area contributed by atoms with Gasteiger partial charge in [-0.2, -0.15) is 0 Å². The van der Waals surface area contributed by atoms with Crippen molar-refractivity contribution >= 4 is 17.3 Å². The van der Waals surface area contributed by atoms with E-state index in [9.17, 15) is 0 Å². The van der Waals surface area contributed by atoms with E-state index in [0.29, 0.717) is 0 Å². The normalized spacial score (nSPS) is 12.3. The number of rotatable bonds is 5. The monoisotopic (exact) mass is 344 g/mol. The highest BCUT2D eigenvalue weighted by molar-refractivity contribution is 7.09. The molecule has 0 unspecified atom stereocenters. The molecule has 0 aliphatic heterocycles. The lowest BCUT2D eigenvalue weighted by molar-refractivity contribution is 0.570. The van der Waals surface area contributed by atoms with Crippen LogP contribution in [0.25, 0.3) is 0 Å². The zero-order chi connectivity index (χ0) is 17.6. The fraction of sp³-hybridized carbons (Fsp3) is 0.474. The molecule has 0 bridgehead atoms. The molecule has 4 nitrogen and oxygen atoms in total. The zero-order valence-corrected chi connectivity index (χ0v) is 16.1. The molecule has 1 heterocycles. The predicted molar refractivity (Wildman–Crippen MR) is 104 cm³/mol. The van der Waals surface area contributed by atoms with Crippen LogP contribution in [0, 0.1) is 6.92 Å². The highest BCUT2D eigenvalue weighted by Gasteiger charge is 2.17. The molecule has 0 saturated carbocycles. The summed E-state index contributed by atoms with van der Waals surface area (Å²) in [6.45, 7) is 10.3. The lowest BCUT2D eigenvalue weighted by atomic mass is 9.93. The van der Waals surface area contributed by atoms with Crippen LogP contribution < -0.4 is 10.6 Å². The SMILES string of the molecule is CN=C(NCCc1nc(C(C)(C)C)cs1)NCc1cccc(C)c1. The maximum absolute atomic E-state index is 4.73. The van der Waals surface area contributed by atoms with E-state index in [4.69, 9.17) is 4.98 Å². The van der Waals surface area contributed by atoms with Gasteiger partial charge in [0.15, 0.2) is 5.96 Å². The fourth-order valence-electron chi connectivity index (χ4n) is 2.29. The highest BCUT2D eigenvalue weighted by atomic mass is 32.1. The minimum absolute atomic E-state index is 0.119. The third-order valence-corrected chi connectivity index (χ3v) is 4.63. The summed E-state index contributed by atoms with van der Waals surface area (Å²) in [5.74, 6) is 0.823. The first-order chi connectivity index (χ1) is 11.4. The molecule has 0 atom stereocenters. The van der Waals surface area contributed by atoms with Gasteiger partial charge in [0.1, 0.15) is 0 Å². The molecule has 2 aromatic rings.